The summed E-state index contributed by atoms with van der Waals surface area (Å²) in [6.45, 7) is 2.25. The Kier molecular flexibility index (Phi) is 4.58. The maximum atomic E-state index is 4.08. The summed E-state index contributed by atoms with van der Waals surface area (Å²) < 4.78 is 0. The fourth-order valence-electron chi connectivity index (χ4n) is 0.559. The predicted molar refractivity (Wildman–Crippen MR) is 22.3 cm³/mol. The fraction of sp³-hybridized carbons (Fsp3) is 1.00. The SMILES string of the molecule is C1CC[N-]C1.[Zr]. The smallest absolute Gasteiger partial charge is 0 e. The van der Waals surface area contributed by atoms with Crippen LogP contribution in [-0.2, 0) is 26.2 Å². The molecule has 0 aromatic rings. The van der Waals surface area contributed by atoms with Crippen LogP contribution in [0.3, 0.4) is 0 Å². The number of nitrogens with zero attached hydrogens (tertiary/aromatic N) is 1. The fourth-order valence-corrected chi connectivity index (χ4v) is 0.559. The molecule has 0 radical (unpaired) electrons. The van der Waals surface area contributed by atoms with Crippen LogP contribution in [0.1, 0.15) is 12.8 Å². The van der Waals surface area contributed by atoms with Gasteiger partial charge in [0.25, 0.3) is 0 Å². The van der Waals surface area contributed by atoms with Crippen LogP contribution < -0.4 is 0 Å². The van der Waals surface area contributed by atoms with E-state index >= 15 is 0 Å². The Balaban J connectivity index is 0.000000250. The molecule has 1 aliphatic rings. The van der Waals surface area contributed by atoms with Crippen molar-refractivity contribution in [2.75, 3.05) is 13.1 Å². The van der Waals surface area contributed by atoms with E-state index in [1.807, 2.05) is 0 Å². The molecular weight excluding hydrogens is 153 g/mol. The van der Waals surface area contributed by atoms with E-state index in [9.17, 15) is 0 Å². The molecule has 0 spiro atoms. The predicted octanol–water partition coefficient (Wildman–Crippen LogP) is 1.15. The molecule has 0 unspecified atom stereocenters. The standard InChI is InChI=1S/C4H8N.Zr/c1-2-4-5-3-1;/h1-4H2;/q-1;. The van der Waals surface area contributed by atoms with E-state index in [4.69, 9.17) is 0 Å². The third kappa shape index (κ3) is 2.10. The Morgan fingerprint density at radius 1 is 1.00 bits per heavy atom. The van der Waals surface area contributed by atoms with Gasteiger partial charge in [0.05, 0.1) is 0 Å². The summed E-state index contributed by atoms with van der Waals surface area (Å²) in [5.41, 5.74) is 0. The first-order chi connectivity index (χ1) is 2.50. The van der Waals surface area contributed by atoms with Crippen LogP contribution in [0.15, 0.2) is 0 Å². The van der Waals surface area contributed by atoms with Gasteiger partial charge in [0.1, 0.15) is 0 Å². The maximum Gasteiger partial charge on any atom is 0 e. The Morgan fingerprint density at radius 3 is 1.67 bits per heavy atom. The zero-order valence-corrected chi connectivity index (χ0v) is 6.23. The average Bonchev–Trinajstić information content (AvgIpc) is 1.76. The van der Waals surface area contributed by atoms with Gasteiger partial charge in [-0.25, -0.2) is 0 Å². The second-order valence-electron chi connectivity index (χ2n) is 1.38. The van der Waals surface area contributed by atoms with Gasteiger partial charge >= 0.3 is 0 Å². The first kappa shape index (κ1) is 6.84. The largest absolute Gasteiger partial charge is 0.662 e. The molecular formula is C4H8NZr-. The summed E-state index contributed by atoms with van der Waals surface area (Å²) in [5.74, 6) is 0. The molecule has 0 amide bonds. The van der Waals surface area contributed by atoms with Crippen molar-refractivity contribution in [1.29, 1.82) is 0 Å². The molecule has 0 bridgehead atoms. The second kappa shape index (κ2) is 4.01. The number of rotatable bonds is 0. The molecule has 0 atom stereocenters. The van der Waals surface area contributed by atoms with Crippen molar-refractivity contribution < 1.29 is 26.2 Å². The quantitative estimate of drug-likeness (QED) is 0.506. The summed E-state index contributed by atoms with van der Waals surface area (Å²) in [4.78, 5) is 0. The zero-order chi connectivity index (χ0) is 3.54. The molecule has 1 nitrogen and oxygen atoms in total. The van der Waals surface area contributed by atoms with Gasteiger partial charge in [-0.2, -0.15) is 0 Å². The maximum absolute atomic E-state index is 4.08. The molecule has 1 aliphatic heterocycles. The molecule has 1 saturated heterocycles. The molecule has 6 heavy (non-hydrogen) atoms. The molecule has 0 aliphatic carbocycles. The van der Waals surface area contributed by atoms with Gasteiger partial charge in [-0.05, 0) is 0 Å². The van der Waals surface area contributed by atoms with Crippen molar-refractivity contribution in [3.63, 3.8) is 0 Å². The number of hydrogen-bond donors (Lipinski definition) is 0. The molecule has 1 fully saturated rings. The molecule has 0 aromatic carbocycles. The average molecular weight is 161 g/mol. The molecule has 2 heteroatoms. The van der Waals surface area contributed by atoms with Crippen LogP contribution in [-0.4, -0.2) is 13.1 Å². The summed E-state index contributed by atoms with van der Waals surface area (Å²) in [6, 6.07) is 0. The van der Waals surface area contributed by atoms with Crippen LogP contribution in [0.4, 0.5) is 0 Å². The van der Waals surface area contributed by atoms with Crippen LogP contribution in [0.2, 0.25) is 0 Å². The monoisotopic (exact) mass is 160 g/mol. The van der Waals surface area contributed by atoms with Crippen molar-refractivity contribution in [3.8, 4) is 0 Å². The molecule has 1 rings (SSSR count). The summed E-state index contributed by atoms with van der Waals surface area (Å²) in [7, 11) is 0. The van der Waals surface area contributed by atoms with Gasteiger partial charge < -0.3 is 5.32 Å². The van der Waals surface area contributed by atoms with Crippen LogP contribution in [0.5, 0.6) is 0 Å². The van der Waals surface area contributed by atoms with E-state index in [2.05, 4.69) is 5.32 Å². The molecule has 34 valence electrons. The normalized spacial score (nSPS) is 20.0. The number of hydrogen-bond acceptors (Lipinski definition) is 0. The Hall–Kier alpha value is 0.843. The minimum atomic E-state index is 0. The van der Waals surface area contributed by atoms with Crippen molar-refractivity contribution >= 4 is 0 Å². The summed E-state index contributed by atoms with van der Waals surface area (Å²) >= 11 is 0. The third-order valence-electron chi connectivity index (χ3n) is 0.882. The van der Waals surface area contributed by atoms with E-state index in [-0.39, 0.29) is 26.2 Å². The van der Waals surface area contributed by atoms with E-state index < -0.39 is 0 Å². The van der Waals surface area contributed by atoms with Crippen molar-refractivity contribution in [2.45, 2.75) is 12.8 Å². The van der Waals surface area contributed by atoms with Crippen molar-refractivity contribution in [3.05, 3.63) is 5.32 Å². The second-order valence-corrected chi connectivity index (χ2v) is 1.38. The van der Waals surface area contributed by atoms with Crippen LogP contribution in [0.25, 0.3) is 5.32 Å². The van der Waals surface area contributed by atoms with Crippen LogP contribution in [0, 0.1) is 0 Å². The minimum Gasteiger partial charge on any atom is -0.662 e. The van der Waals surface area contributed by atoms with Gasteiger partial charge in [0.15, 0.2) is 0 Å². The topological polar surface area (TPSA) is 14.1 Å². The first-order valence-electron chi connectivity index (χ1n) is 2.13. The summed E-state index contributed by atoms with van der Waals surface area (Å²) in [6.07, 6.45) is 2.67. The molecule has 0 N–H and O–H groups in total. The van der Waals surface area contributed by atoms with Crippen LogP contribution >= 0.6 is 0 Å². The minimum absolute atomic E-state index is 0. The van der Waals surface area contributed by atoms with Gasteiger partial charge in [0.2, 0.25) is 0 Å². The summed E-state index contributed by atoms with van der Waals surface area (Å²) in [5, 5.41) is 4.08. The van der Waals surface area contributed by atoms with E-state index in [1.165, 1.54) is 12.8 Å². The molecule has 0 saturated carbocycles. The van der Waals surface area contributed by atoms with Gasteiger partial charge in [-0.1, -0.05) is 12.8 Å². The third-order valence-corrected chi connectivity index (χ3v) is 0.882. The van der Waals surface area contributed by atoms with E-state index in [1.54, 1.807) is 0 Å². The van der Waals surface area contributed by atoms with Crippen molar-refractivity contribution in [1.82, 2.24) is 0 Å². The van der Waals surface area contributed by atoms with Gasteiger partial charge in [-0.15, -0.1) is 13.1 Å². The van der Waals surface area contributed by atoms with E-state index in [0.717, 1.165) is 13.1 Å². The molecule has 0 aromatic heterocycles. The van der Waals surface area contributed by atoms with Gasteiger partial charge in [-0.3, -0.25) is 0 Å². The van der Waals surface area contributed by atoms with E-state index in [0.29, 0.717) is 0 Å². The molecule has 1 heterocycles. The Labute approximate surface area is 57.6 Å². The first-order valence-corrected chi connectivity index (χ1v) is 2.13. The van der Waals surface area contributed by atoms with Crippen molar-refractivity contribution in [2.24, 2.45) is 0 Å². The van der Waals surface area contributed by atoms with Gasteiger partial charge in [0, 0.05) is 26.2 Å². The Bertz CT molecular complexity index is 19.1. The zero-order valence-electron chi connectivity index (χ0n) is 3.78. The Morgan fingerprint density at radius 2 is 1.50 bits per heavy atom.